The van der Waals surface area contributed by atoms with Crippen LogP contribution in [0.2, 0.25) is 10.0 Å². The fourth-order valence-corrected chi connectivity index (χ4v) is 15.5. The summed E-state index contributed by atoms with van der Waals surface area (Å²) in [4.78, 5) is 98.5. The van der Waals surface area contributed by atoms with Gasteiger partial charge in [-0.1, -0.05) is 89.9 Å². The molecule has 5 N–H and O–H groups in total. The van der Waals surface area contributed by atoms with Gasteiger partial charge in [-0.2, -0.15) is 0 Å². The first-order chi connectivity index (χ1) is 55.4. The van der Waals surface area contributed by atoms with Crippen molar-refractivity contribution in [2.45, 2.75) is 49.7 Å². The van der Waals surface area contributed by atoms with Crippen molar-refractivity contribution in [2.75, 3.05) is 66.5 Å². The lowest BCUT2D eigenvalue weighted by Crippen LogP contribution is -2.49. The molecule has 2 saturated heterocycles. The summed E-state index contributed by atoms with van der Waals surface area (Å²) < 4.78 is 5.11. The SMILES string of the molecule is CN(C)CCN1CCN(C(=O)c2ccc(-n3c(=O)ccc4cnc5ccc(-c6ccc(Cl)cc6)cc5c43)cc2)CC1.NC1(c2ccc(-c3ccc4ncc5ccc(=O)n(-c6ccc(C(=O)NC7CC7)cc6)c5c4c3)cc2)CC1.O=C(NC1CCNC1)c1ccc(-n2c(=O)ccc3cnc4ccc(-c5ccc(Cl)cc5)cc4c32)cc1. The minimum atomic E-state index is -0.160. The second-order valence-corrected chi connectivity index (χ2v) is 31.0. The predicted molar refractivity (Wildman–Crippen MR) is 456 cm³/mol. The number of rotatable bonds is 15. The van der Waals surface area contributed by atoms with Crippen LogP contribution in [-0.4, -0.2) is 140 Å². The average molecular weight is 1550 g/mol. The molecule has 6 aromatic heterocycles. The van der Waals surface area contributed by atoms with E-state index in [0.29, 0.717) is 62.9 Å². The molecule has 8 heterocycles. The molecule has 1 unspecified atom stereocenters. The van der Waals surface area contributed by atoms with Crippen LogP contribution in [0.4, 0.5) is 0 Å². The lowest BCUT2D eigenvalue weighted by atomic mass is 9.98. The van der Waals surface area contributed by atoms with E-state index < -0.39 is 0 Å². The van der Waals surface area contributed by atoms with Gasteiger partial charge in [0.1, 0.15) is 0 Å². The Morgan fingerprint density at radius 2 is 0.833 bits per heavy atom. The summed E-state index contributed by atoms with van der Waals surface area (Å²) in [6.45, 7) is 6.90. The van der Waals surface area contributed by atoms with E-state index in [4.69, 9.17) is 28.9 Å². The number of carbonyl (C=O) groups is 3. The maximum Gasteiger partial charge on any atom is 0.255 e. The summed E-state index contributed by atoms with van der Waals surface area (Å²) in [6, 6.07) is 74.4. The quantitative estimate of drug-likeness (QED) is 0.0701. The molecule has 3 amide bonds. The van der Waals surface area contributed by atoms with Crippen molar-refractivity contribution < 1.29 is 14.4 Å². The van der Waals surface area contributed by atoms with E-state index in [1.807, 2.05) is 144 Å². The zero-order chi connectivity index (χ0) is 78.3. The minimum Gasteiger partial charge on any atom is -0.349 e. The number of carbonyl (C=O) groups excluding carboxylic acids is 3. The maximum absolute atomic E-state index is 13.3. The van der Waals surface area contributed by atoms with Gasteiger partial charge >= 0.3 is 0 Å². The van der Waals surface area contributed by atoms with Crippen LogP contribution in [0.25, 0.3) is 116 Å². The van der Waals surface area contributed by atoms with E-state index in [9.17, 15) is 28.8 Å². The average Bonchev–Trinajstić information content (AvgIpc) is 1.27. The highest BCUT2D eigenvalue weighted by atomic mass is 35.5. The summed E-state index contributed by atoms with van der Waals surface area (Å²) >= 11 is 12.2. The van der Waals surface area contributed by atoms with Gasteiger partial charge in [-0.25, -0.2) is 0 Å². The lowest BCUT2D eigenvalue weighted by Gasteiger charge is -2.35. The molecule has 568 valence electrons. The number of benzene rings is 9. The number of amides is 3. The second kappa shape index (κ2) is 31.7. The molecule has 0 radical (unpaired) electrons. The molecule has 4 aliphatic rings. The first kappa shape index (κ1) is 74.4. The zero-order valence-electron chi connectivity index (χ0n) is 62.9. The standard InChI is InChI=1S/C33H32ClN5O2.C31H26N4O2.C29H23ClN4O2/c1-36(2)15-16-37-17-19-38(20-18-37)33(41)24-5-11-28(12-6-24)39-31(40)14-8-26-22-35-30-13-7-25(21-29(30)32(26)39)23-3-9-27(34)10-4-23;32-31(15-16-31)23-7-1-19(2-8-23)21-5-13-27-26(17-21)29-22(18-33-27)6-14-28(36)35(29)25-11-3-20(4-12-25)30(37)34-24-9-10-24;30-22-7-1-18(2-8-22)20-5-11-26-25(15-20)28-21(16-32-26)6-12-27(35)34(28)24-9-3-19(4-10-24)29(36)33-23-13-14-31-17-23/h3-14,21-22H,15-20H2,1-2H3;1-8,11-14,17-18,24H,9-10,15-16,32H2,(H,34,37);1-12,15-16,23,31H,13-14,17H2,(H,33,36). The lowest BCUT2D eigenvalue weighted by molar-refractivity contribution is 0.0629. The Hall–Kier alpha value is -12.3. The molecule has 2 saturated carbocycles. The Balaban J connectivity index is 0.000000124. The Kier molecular flexibility index (Phi) is 20.7. The number of nitrogens with one attached hydrogen (secondary N) is 3. The van der Waals surface area contributed by atoms with Gasteiger partial charge in [-0.3, -0.25) is 62.3 Å². The second-order valence-electron chi connectivity index (χ2n) is 30.1. The van der Waals surface area contributed by atoms with Crippen LogP contribution in [0.5, 0.6) is 0 Å². The number of hydrogen-bond donors (Lipinski definition) is 4. The fourth-order valence-electron chi connectivity index (χ4n) is 15.3. The predicted octanol–water partition coefficient (Wildman–Crippen LogP) is 15.2. The molecular formula is C93H81Cl2N13O6. The number of pyridine rings is 6. The van der Waals surface area contributed by atoms with Gasteiger partial charge in [-0.15, -0.1) is 0 Å². The smallest absolute Gasteiger partial charge is 0.255 e. The van der Waals surface area contributed by atoms with Crippen molar-refractivity contribution >= 4 is 106 Å². The van der Waals surface area contributed by atoms with Crippen molar-refractivity contribution in [3.05, 3.63) is 319 Å². The highest BCUT2D eigenvalue weighted by Gasteiger charge is 2.40. The van der Waals surface area contributed by atoms with Crippen molar-refractivity contribution in [2.24, 2.45) is 5.73 Å². The van der Waals surface area contributed by atoms with E-state index in [-0.39, 0.29) is 46.0 Å². The molecule has 2 aliphatic heterocycles. The number of nitrogens with two attached hydrogens (primary N) is 1. The molecule has 19 nitrogen and oxygen atoms in total. The number of aromatic nitrogens is 6. The highest BCUT2D eigenvalue weighted by Crippen LogP contribution is 2.43. The summed E-state index contributed by atoms with van der Waals surface area (Å²) in [5, 5.41) is 15.9. The molecule has 0 spiro atoms. The van der Waals surface area contributed by atoms with Crippen LogP contribution in [0.3, 0.4) is 0 Å². The Labute approximate surface area is 666 Å². The molecule has 0 bridgehead atoms. The number of likely N-dealkylation sites (N-methyl/N-ethyl adjacent to an activating group) is 1. The molecule has 9 aromatic carbocycles. The normalized spacial score (nSPS) is 15.2. The monoisotopic (exact) mass is 1550 g/mol. The molecule has 21 heteroatoms. The van der Waals surface area contributed by atoms with Crippen LogP contribution in [0, 0.1) is 0 Å². The number of hydrogen-bond acceptors (Lipinski definition) is 13. The third-order valence-electron chi connectivity index (χ3n) is 22.1. The topological polar surface area (TPSA) is 228 Å². The van der Waals surface area contributed by atoms with Gasteiger partial charge in [-0.05, 0) is 243 Å². The molecule has 1 atom stereocenters. The number of piperazine rings is 1. The summed E-state index contributed by atoms with van der Waals surface area (Å²) in [6.07, 6.45) is 10.4. The summed E-state index contributed by atoms with van der Waals surface area (Å²) in [5.74, 6) is -0.161. The van der Waals surface area contributed by atoms with E-state index >= 15 is 0 Å². The Morgan fingerprint density at radius 1 is 0.456 bits per heavy atom. The third-order valence-corrected chi connectivity index (χ3v) is 22.6. The van der Waals surface area contributed by atoms with Gasteiger partial charge in [0, 0.05) is 176 Å². The summed E-state index contributed by atoms with van der Waals surface area (Å²) in [5.41, 5.74) is 21.8. The van der Waals surface area contributed by atoms with Gasteiger partial charge in [0.25, 0.3) is 34.4 Å². The number of halogens is 2. The number of fused-ring (bicyclic) bond motifs is 9. The van der Waals surface area contributed by atoms with E-state index in [0.717, 1.165) is 170 Å². The Morgan fingerprint density at radius 3 is 1.20 bits per heavy atom. The summed E-state index contributed by atoms with van der Waals surface area (Å²) in [7, 11) is 4.15. The molecule has 15 aromatic rings. The van der Waals surface area contributed by atoms with Crippen molar-refractivity contribution in [3.8, 4) is 50.4 Å². The van der Waals surface area contributed by atoms with Gasteiger partial charge in [0.15, 0.2) is 0 Å². The largest absolute Gasteiger partial charge is 0.349 e. The zero-order valence-corrected chi connectivity index (χ0v) is 64.4. The van der Waals surface area contributed by atoms with E-state index in [1.54, 1.807) is 80.8 Å². The van der Waals surface area contributed by atoms with Crippen LogP contribution in [0.1, 0.15) is 68.7 Å². The Bertz CT molecular complexity index is 6410. The highest BCUT2D eigenvalue weighted by molar-refractivity contribution is 6.31. The molecule has 19 rings (SSSR count). The van der Waals surface area contributed by atoms with Crippen LogP contribution in [0.15, 0.2) is 270 Å². The first-order valence-corrected chi connectivity index (χ1v) is 39.2. The van der Waals surface area contributed by atoms with Crippen molar-refractivity contribution in [3.63, 3.8) is 0 Å². The molecule has 114 heavy (non-hydrogen) atoms. The van der Waals surface area contributed by atoms with Gasteiger partial charge in [0.05, 0.1) is 33.1 Å². The van der Waals surface area contributed by atoms with E-state index in [1.165, 1.54) is 5.56 Å². The van der Waals surface area contributed by atoms with Crippen LogP contribution < -0.4 is 38.4 Å². The third kappa shape index (κ3) is 15.7. The molecule has 4 fully saturated rings. The molecular weight excluding hydrogens is 1470 g/mol. The molecule has 2 aliphatic carbocycles. The van der Waals surface area contributed by atoms with Crippen LogP contribution >= 0.6 is 23.2 Å². The van der Waals surface area contributed by atoms with Crippen LogP contribution in [-0.2, 0) is 5.54 Å². The fraction of sp³-hybridized carbons (Fsp3) is 0.194. The number of nitrogens with zero attached hydrogens (tertiary/aromatic N) is 9. The maximum atomic E-state index is 13.3. The van der Waals surface area contributed by atoms with Gasteiger partial charge in [0.2, 0.25) is 0 Å². The first-order valence-electron chi connectivity index (χ1n) is 38.5. The van der Waals surface area contributed by atoms with E-state index in [2.05, 4.69) is 103 Å². The van der Waals surface area contributed by atoms with Crippen molar-refractivity contribution in [1.82, 2.24) is 59.3 Å². The minimum absolute atomic E-state index is 0.0244. The van der Waals surface area contributed by atoms with Gasteiger partial charge < -0.3 is 31.5 Å². The van der Waals surface area contributed by atoms with Crippen molar-refractivity contribution in [1.29, 1.82) is 0 Å².